The summed E-state index contributed by atoms with van der Waals surface area (Å²) < 4.78 is 6.20. The van der Waals surface area contributed by atoms with Gasteiger partial charge in [0.15, 0.2) is 5.78 Å². The maximum absolute atomic E-state index is 12.0. The summed E-state index contributed by atoms with van der Waals surface area (Å²) >= 11 is 0. The van der Waals surface area contributed by atoms with Crippen LogP contribution in [-0.4, -0.2) is 35.6 Å². The summed E-state index contributed by atoms with van der Waals surface area (Å²) in [5.41, 5.74) is 0.707. The number of carbonyl (C=O) groups is 2. The van der Waals surface area contributed by atoms with E-state index in [1.807, 2.05) is 30.3 Å². The molecule has 0 radical (unpaired) electrons. The molecule has 168 valence electrons. The van der Waals surface area contributed by atoms with E-state index < -0.39 is 5.97 Å². The van der Waals surface area contributed by atoms with E-state index in [0.717, 1.165) is 32.2 Å². The van der Waals surface area contributed by atoms with Crippen molar-refractivity contribution in [3.63, 3.8) is 0 Å². The van der Waals surface area contributed by atoms with E-state index in [1.54, 1.807) is 12.3 Å². The maximum Gasteiger partial charge on any atom is 0.303 e. The number of fused-ring (bicyclic) bond motifs is 2. The van der Waals surface area contributed by atoms with E-state index in [-0.39, 0.29) is 12.2 Å². The normalized spacial score (nSPS) is 24.9. The van der Waals surface area contributed by atoms with Gasteiger partial charge < -0.3 is 15.2 Å². The molecule has 2 bridgehead atoms. The summed E-state index contributed by atoms with van der Waals surface area (Å²) in [6.07, 6.45) is 17.2. The van der Waals surface area contributed by atoms with Gasteiger partial charge in [0.05, 0.1) is 12.2 Å². The molecule has 5 heteroatoms. The smallest absolute Gasteiger partial charge is 0.303 e. The summed E-state index contributed by atoms with van der Waals surface area (Å²) in [5.74, 6) is 0.539. The number of ketones is 1. The van der Waals surface area contributed by atoms with Crippen molar-refractivity contribution in [3.8, 4) is 0 Å². The Hall–Kier alpha value is -2.40. The lowest BCUT2D eigenvalue weighted by molar-refractivity contribution is -0.137. The molecular formula is C26H35NO4. The molecule has 0 aromatic heterocycles. The van der Waals surface area contributed by atoms with Gasteiger partial charge in [0.25, 0.3) is 0 Å². The molecule has 0 spiro atoms. The molecule has 2 N–H and O–H groups in total. The molecule has 2 aliphatic rings. The zero-order valence-corrected chi connectivity index (χ0v) is 18.2. The number of hydrogen-bond acceptors (Lipinski definition) is 4. The fraction of sp³-hybridized carbons (Fsp3) is 0.538. The fourth-order valence-electron chi connectivity index (χ4n) is 4.86. The first-order valence-electron chi connectivity index (χ1n) is 11.7. The van der Waals surface area contributed by atoms with E-state index in [1.165, 1.54) is 19.3 Å². The minimum Gasteiger partial charge on any atom is -0.481 e. The van der Waals surface area contributed by atoms with E-state index in [9.17, 15) is 9.59 Å². The number of unbranched alkanes of at least 4 members (excludes halogenated alkanes) is 2. The highest BCUT2D eigenvalue weighted by atomic mass is 16.5. The molecular weight excluding hydrogens is 390 g/mol. The van der Waals surface area contributed by atoms with E-state index >= 15 is 0 Å². The van der Waals surface area contributed by atoms with Gasteiger partial charge >= 0.3 is 5.97 Å². The molecule has 2 fully saturated rings. The Bertz CT molecular complexity index is 758. The summed E-state index contributed by atoms with van der Waals surface area (Å²) in [6, 6.07) is 9.30. The largest absolute Gasteiger partial charge is 0.481 e. The van der Waals surface area contributed by atoms with Crippen molar-refractivity contribution in [2.75, 3.05) is 6.54 Å². The van der Waals surface area contributed by atoms with Crippen molar-refractivity contribution in [2.45, 2.75) is 70.0 Å². The third kappa shape index (κ3) is 7.35. The number of carboxylic acid groups (broad SMARTS) is 1. The Kier molecular flexibility index (Phi) is 9.35. The molecule has 0 aliphatic carbocycles. The van der Waals surface area contributed by atoms with Crippen LogP contribution >= 0.6 is 0 Å². The van der Waals surface area contributed by atoms with Gasteiger partial charge in [-0.2, -0.15) is 0 Å². The van der Waals surface area contributed by atoms with E-state index in [4.69, 9.17) is 9.84 Å². The van der Waals surface area contributed by atoms with Gasteiger partial charge in [0, 0.05) is 30.8 Å². The first-order chi connectivity index (χ1) is 15.1. The molecule has 5 nitrogen and oxygen atoms in total. The second-order valence-electron chi connectivity index (χ2n) is 8.62. The average Bonchev–Trinajstić information content (AvgIpc) is 3.38. The number of allylic oxidation sites excluding steroid dienone is 3. The third-order valence-corrected chi connectivity index (χ3v) is 6.45. The molecule has 1 aromatic carbocycles. The molecule has 2 saturated heterocycles. The molecule has 0 saturated carbocycles. The van der Waals surface area contributed by atoms with Crippen molar-refractivity contribution in [2.24, 2.45) is 11.8 Å². The average molecular weight is 426 g/mol. The molecule has 31 heavy (non-hydrogen) atoms. The highest BCUT2D eigenvalue weighted by molar-refractivity contribution is 6.04. The number of carbonyl (C=O) groups excluding carboxylic acids is 1. The SMILES string of the molecule is O=C(O)CCC/C=C\C[C@H]1[C@@H](CCCCNC=CC(=O)c2ccccc2)[C@H]2CC[C@@H]1O2. The predicted molar refractivity (Wildman–Crippen MR) is 122 cm³/mol. The molecule has 2 aliphatic heterocycles. The lowest BCUT2D eigenvalue weighted by atomic mass is 9.75. The van der Waals surface area contributed by atoms with Gasteiger partial charge in [-0.25, -0.2) is 0 Å². The van der Waals surface area contributed by atoms with E-state index in [2.05, 4.69) is 17.5 Å². The van der Waals surface area contributed by atoms with Crippen LogP contribution in [0.1, 0.15) is 68.1 Å². The van der Waals surface area contributed by atoms with Gasteiger partial charge in [-0.05, 0) is 56.8 Å². The van der Waals surface area contributed by atoms with Crippen molar-refractivity contribution >= 4 is 11.8 Å². The fourth-order valence-corrected chi connectivity index (χ4v) is 4.86. The number of benzene rings is 1. The van der Waals surface area contributed by atoms with Crippen LogP contribution in [0.5, 0.6) is 0 Å². The zero-order valence-electron chi connectivity index (χ0n) is 18.2. The van der Waals surface area contributed by atoms with Crippen molar-refractivity contribution in [3.05, 3.63) is 60.3 Å². The Morgan fingerprint density at radius 1 is 1.03 bits per heavy atom. The number of nitrogens with one attached hydrogen (secondary N) is 1. The molecule has 1 aromatic rings. The van der Waals surface area contributed by atoms with Gasteiger partial charge in [-0.3, -0.25) is 9.59 Å². The highest BCUT2D eigenvalue weighted by Crippen LogP contribution is 2.47. The monoisotopic (exact) mass is 425 g/mol. The van der Waals surface area contributed by atoms with Crippen molar-refractivity contribution < 1.29 is 19.4 Å². The van der Waals surface area contributed by atoms with Gasteiger partial charge in [0.2, 0.25) is 0 Å². The number of carboxylic acids is 1. The third-order valence-electron chi connectivity index (χ3n) is 6.45. The van der Waals surface area contributed by atoms with Crippen LogP contribution in [0, 0.1) is 11.8 Å². The lowest BCUT2D eigenvalue weighted by Gasteiger charge is -2.27. The summed E-state index contributed by atoms with van der Waals surface area (Å²) in [7, 11) is 0. The Morgan fingerprint density at radius 3 is 2.58 bits per heavy atom. The Labute approximate surface area is 185 Å². The van der Waals surface area contributed by atoms with Crippen LogP contribution in [0.3, 0.4) is 0 Å². The van der Waals surface area contributed by atoms with Crippen molar-refractivity contribution in [1.82, 2.24) is 5.32 Å². The second-order valence-corrected chi connectivity index (χ2v) is 8.62. The molecule has 0 unspecified atom stereocenters. The highest BCUT2D eigenvalue weighted by Gasteiger charge is 2.47. The summed E-state index contributed by atoms with van der Waals surface area (Å²) in [5, 5.41) is 11.9. The topological polar surface area (TPSA) is 75.6 Å². The number of rotatable bonds is 14. The van der Waals surface area contributed by atoms with Crippen LogP contribution in [0.15, 0.2) is 54.8 Å². The molecule has 2 heterocycles. The van der Waals surface area contributed by atoms with E-state index in [0.29, 0.717) is 36.0 Å². The summed E-state index contributed by atoms with van der Waals surface area (Å²) in [4.78, 5) is 22.6. The molecule has 3 rings (SSSR count). The first kappa shape index (κ1) is 23.3. The summed E-state index contributed by atoms with van der Waals surface area (Å²) in [6.45, 7) is 0.869. The van der Waals surface area contributed by atoms with Crippen LogP contribution < -0.4 is 5.32 Å². The Morgan fingerprint density at radius 2 is 1.81 bits per heavy atom. The number of hydrogen-bond donors (Lipinski definition) is 2. The predicted octanol–water partition coefficient (Wildman–Crippen LogP) is 5.14. The second kappa shape index (κ2) is 12.5. The maximum atomic E-state index is 12.0. The van der Waals surface area contributed by atoms with Crippen LogP contribution in [-0.2, 0) is 9.53 Å². The molecule has 0 amide bonds. The Balaban J connectivity index is 1.31. The van der Waals surface area contributed by atoms with Crippen LogP contribution in [0.2, 0.25) is 0 Å². The van der Waals surface area contributed by atoms with Crippen molar-refractivity contribution in [1.29, 1.82) is 0 Å². The minimum atomic E-state index is -0.720. The minimum absolute atomic E-state index is 0.0195. The molecule has 4 atom stereocenters. The number of aliphatic carboxylic acids is 1. The van der Waals surface area contributed by atoms with Gasteiger partial charge in [-0.15, -0.1) is 0 Å². The van der Waals surface area contributed by atoms with Crippen LogP contribution in [0.4, 0.5) is 0 Å². The van der Waals surface area contributed by atoms with Crippen LogP contribution in [0.25, 0.3) is 0 Å². The lowest BCUT2D eigenvalue weighted by Crippen LogP contribution is -2.27. The first-order valence-corrected chi connectivity index (χ1v) is 11.7. The quantitative estimate of drug-likeness (QED) is 0.187. The zero-order chi connectivity index (χ0) is 21.9. The van der Waals surface area contributed by atoms with Gasteiger partial charge in [0.1, 0.15) is 0 Å². The number of ether oxygens (including phenoxy) is 1. The standard InChI is InChI=1S/C26H35NO4/c28-23(20-10-4-3-5-11-20)17-19-27-18-9-8-13-22-21(24-15-16-25(22)31-24)12-6-1-2-7-14-26(29)30/h1,3-6,10-11,17,19,21-22,24-25,27H,2,7-9,12-16,18H2,(H,29,30)/b6-1-,19-17?/t21-,22+,24-,25+/m0/s1. The van der Waals surface area contributed by atoms with Gasteiger partial charge in [-0.1, -0.05) is 48.9 Å².